The van der Waals surface area contributed by atoms with E-state index in [4.69, 9.17) is 15.0 Å². The van der Waals surface area contributed by atoms with Gasteiger partial charge >= 0.3 is 13.3 Å². The Hall–Kier alpha value is -2.06. The number of ether oxygens (including phenoxy) is 1. The summed E-state index contributed by atoms with van der Waals surface area (Å²) in [6, 6.07) is 0. The minimum atomic E-state index is -4.45. The lowest BCUT2D eigenvalue weighted by atomic mass is 10.0. The van der Waals surface area contributed by atoms with Crippen molar-refractivity contribution in [1.82, 2.24) is 19.5 Å². The Balaban J connectivity index is 2.31. The predicted molar refractivity (Wildman–Crippen MR) is 123 cm³/mol. The molecular formula is C19H34N5O9P. The molecule has 8 N–H and O–H groups in total. The van der Waals surface area contributed by atoms with Gasteiger partial charge in [0.15, 0.2) is 22.7 Å². The number of hydrogen-bond acceptors (Lipinski definition) is 10. The number of anilines is 1. The number of aromatic nitrogens is 4. The second kappa shape index (κ2) is 10.7. The third kappa shape index (κ3) is 5.60. The number of nitrogens with zero attached hydrogens (tertiary/aromatic N) is 2. The number of aliphatic hydroxyl groups is 3. The first kappa shape index (κ1) is 28.2. The quantitative estimate of drug-likeness (QED) is 0.180. The normalized spacial score (nSPS) is 17.9. The average Bonchev–Trinajstić information content (AvgIpc) is 3.11. The van der Waals surface area contributed by atoms with Crippen LogP contribution in [0.3, 0.4) is 0 Å². The highest BCUT2D eigenvalue weighted by Gasteiger charge is 2.48. The number of hydrogen-bond donors (Lipinski definition) is 7. The Kier molecular flexibility index (Phi) is 8.86. The summed E-state index contributed by atoms with van der Waals surface area (Å²) in [6.07, 6.45) is -2.72. The third-order valence-corrected chi connectivity index (χ3v) is 8.41. The first-order valence-electron chi connectivity index (χ1n) is 10.9. The van der Waals surface area contributed by atoms with Crippen LogP contribution in [0.25, 0.3) is 11.2 Å². The molecule has 4 atom stereocenters. The second-order valence-corrected chi connectivity index (χ2v) is 10.4. The molecule has 34 heavy (non-hydrogen) atoms. The summed E-state index contributed by atoms with van der Waals surface area (Å²) in [4.78, 5) is 43.5. The van der Waals surface area contributed by atoms with Gasteiger partial charge in [-0.1, -0.05) is 20.8 Å². The summed E-state index contributed by atoms with van der Waals surface area (Å²) in [5.74, 6) is -0.271. The van der Waals surface area contributed by atoms with Crippen molar-refractivity contribution in [2.24, 2.45) is 0 Å². The van der Waals surface area contributed by atoms with Crippen molar-refractivity contribution >= 4 is 24.7 Å². The zero-order chi connectivity index (χ0) is 25.9. The molecule has 0 radical (unpaired) electrons. The van der Waals surface area contributed by atoms with E-state index in [1.165, 1.54) is 0 Å². The summed E-state index contributed by atoms with van der Waals surface area (Å²) >= 11 is 0. The summed E-state index contributed by atoms with van der Waals surface area (Å²) in [5, 5.41) is 28.4. The van der Waals surface area contributed by atoms with E-state index in [-0.39, 0.29) is 49.4 Å². The van der Waals surface area contributed by atoms with Crippen LogP contribution in [-0.4, -0.2) is 70.0 Å². The van der Waals surface area contributed by atoms with Crippen molar-refractivity contribution in [3.05, 3.63) is 20.8 Å². The molecule has 15 heteroatoms. The lowest BCUT2D eigenvalue weighted by molar-refractivity contribution is -0.108. The fourth-order valence-corrected chi connectivity index (χ4v) is 5.22. The number of rotatable bonds is 13. The highest BCUT2D eigenvalue weighted by Crippen LogP contribution is 2.60. The van der Waals surface area contributed by atoms with Crippen molar-refractivity contribution in [2.45, 2.75) is 76.7 Å². The van der Waals surface area contributed by atoms with Crippen LogP contribution in [-0.2, 0) is 13.8 Å². The van der Waals surface area contributed by atoms with Gasteiger partial charge in [0.2, 0.25) is 5.95 Å². The van der Waals surface area contributed by atoms with Gasteiger partial charge in [-0.3, -0.25) is 19.3 Å². The van der Waals surface area contributed by atoms with Gasteiger partial charge in [-0.15, -0.1) is 0 Å². The minimum absolute atomic E-state index is 0.0110. The minimum Gasteiger partial charge on any atom is -0.394 e. The number of aromatic amines is 2. The number of nitrogens with two attached hydrogens (primary N) is 1. The Morgan fingerprint density at radius 2 is 1.82 bits per heavy atom. The van der Waals surface area contributed by atoms with Crippen molar-refractivity contribution < 1.29 is 34.0 Å². The lowest BCUT2D eigenvalue weighted by Gasteiger charge is -2.37. The molecule has 0 saturated carbocycles. The van der Waals surface area contributed by atoms with Crippen molar-refractivity contribution in [2.75, 3.05) is 18.9 Å². The maximum Gasteiger partial charge on any atom is 0.359 e. The van der Waals surface area contributed by atoms with E-state index in [1.54, 1.807) is 27.7 Å². The molecule has 0 bridgehead atoms. The second-order valence-electron chi connectivity index (χ2n) is 8.32. The van der Waals surface area contributed by atoms with Crippen LogP contribution in [0.2, 0.25) is 0 Å². The topological polar surface area (TPSA) is 226 Å². The average molecular weight is 507 g/mol. The molecule has 2 aromatic rings. The number of H-pyrrole nitrogens is 2. The van der Waals surface area contributed by atoms with Crippen molar-refractivity contribution in [3.8, 4) is 0 Å². The zero-order valence-corrected chi connectivity index (χ0v) is 20.5. The molecule has 0 spiro atoms. The van der Waals surface area contributed by atoms with Gasteiger partial charge in [0.25, 0.3) is 5.56 Å². The lowest BCUT2D eigenvalue weighted by Crippen LogP contribution is -2.38. The van der Waals surface area contributed by atoms with Crippen LogP contribution in [0.5, 0.6) is 0 Å². The Morgan fingerprint density at radius 1 is 1.21 bits per heavy atom. The molecule has 0 aromatic carbocycles. The largest absolute Gasteiger partial charge is 0.394 e. The number of fused-ring (bicyclic) bond motifs is 1. The van der Waals surface area contributed by atoms with Gasteiger partial charge in [-0.25, -0.2) is 9.36 Å². The van der Waals surface area contributed by atoms with E-state index in [0.717, 1.165) is 4.57 Å². The molecule has 0 aliphatic carbocycles. The molecule has 0 saturated heterocycles. The maximum atomic E-state index is 12.8. The fraction of sp³-hybridized carbons (Fsp3) is 0.737. The van der Waals surface area contributed by atoms with Gasteiger partial charge in [0.05, 0.1) is 18.8 Å². The molecule has 0 fully saturated rings. The van der Waals surface area contributed by atoms with Crippen LogP contribution >= 0.6 is 7.60 Å². The Labute approximate surface area is 195 Å². The van der Waals surface area contributed by atoms with E-state index >= 15 is 0 Å². The standard InChI is InChI=1S/C19H34N5O9P/c1-5-18(4,33-34(30,31)19(29,6-2)7-3)8-9-32-15(11(26)10-25)24-13-12(21-17(24)28)14(27)23-16(20)22-13/h11,15,25-26,29H,5-10H2,1-4H3,(H,21,28)(H,30,31)(H3,20,22,23,27)/t11-,15-,18-/m1/s1. The van der Waals surface area contributed by atoms with Crippen LogP contribution in [0.4, 0.5) is 5.95 Å². The number of nitrogens with one attached hydrogen (secondary N) is 2. The zero-order valence-electron chi connectivity index (χ0n) is 19.6. The third-order valence-electron chi connectivity index (χ3n) is 6.04. The Morgan fingerprint density at radius 3 is 2.35 bits per heavy atom. The van der Waals surface area contributed by atoms with Crippen LogP contribution in [0.15, 0.2) is 9.59 Å². The summed E-state index contributed by atoms with van der Waals surface area (Å²) in [7, 11) is -4.45. The smallest absolute Gasteiger partial charge is 0.359 e. The number of imidazole rings is 1. The van der Waals surface area contributed by atoms with Gasteiger partial charge in [-0.2, -0.15) is 4.98 Å². The fourth-order valence-electron chi connectivity index (χ4n) is 3.43. The summed E-state index contributed by atoms with van der Waals surface area (Å²) < 4.78 is 24.9. The molecule has 2 heterocycles. The van der Waals surface area contributed by atoms with Crippen LogP contribution in [0.1, 0.15) is 59.6 Å². The van der Waals surface area contributed by atoms with E-state index in [2.05, 4.69) is 15.0 Å². The van der Waals surface area contributed by atoms with Gasteiger partial charge in [-0.05, 0) is 26.2 Å². The first-order valence-corrected chi connectivity index (χ1v) is 12.5. The molecule has 0 amide bonds. The van der Waals surface area contributed by atoms with Crippen molar-refractivity contribution in [3.63, 3.8) is 0 Å². The predicted octanol–water partition coefficient (Wildman–Crippen LogP) is 0.133. The molecule has 0 aliphatic heterocycles. The van der Waals surface area contributed by atoms with Crippen LogP contribution in [0, 0.1) is 0 Å². The van der Waals surface area contributed by atoms with E-state index < -0.39 is 48.7 Å². The van der Waals surface area contributed by atoms with Gasteiger partial charge in [0, 0.05) is 6.42 Å². The highest BCUT2D eigenvalue weighted by atomic mass is 31.2. The molecule has 2 rings (SSSR count). The molecule has 0 aliphatic rings. The highest BCUT2D eigenvalue weighted by molar-refractivity contribution is 7.54. The molecule has 2 aromatic heterocycles. The SMILES string of the molecule is CCC(O)(CC)P(=O)(O)O[C@](C)(CC)CCO[C@H]([C@H](O)CO)n1c(=O)[nH]c2c(=O)[nH]c(N)nc21. The van der Waals surface area contributed by atoms with Gasteiger partial charge < -0.3 is 35.2 Å². The molecular weight excluding hydrogens is 473 g/mol. The molecule has 194 valence electrons. The Bertz CT molecular complexity index is 1140. The first-order chi connectivity index (χ1) is 15.8. The van der Waals surface area contributed by atoms with Gasteiger partial charge in [0.1, 0.15) is 6.10 Å². The van der Waals surface area contributed by atoms with E-state index in [0.29, 0.717) is 0 Å². The van der Waals surface area contributed by atoms with E-state index in [1.807, 2.05) is 0 Å². The molecule has 1 unspecified atom stereocenters. The maximum absolute atomic E-state index is 12.8. The van der Waals surface area contributed by atoms with E-state index in [9.17, 15) is 34.4 Å². The number of nitrogen functional groups attached to an aromatic ring is 1. The summed E-state index contributed by atoms with van der Waals surface area (Å²) in [5.41, 5.74) is 2.44. The van der Waals surface area contributed by atoms with Crippen LogP contribution < -0.4 is 17.0 Å². The number of aliphatic hydroxyl groups excluding tert-OH is 2. The molecule has 14 nitrogen and oxygen atoms in total. The summed E-state index contributed by atoms with van der Waals surface area (Å²) in [6.45, 7) is 5.47. The monoisotopic (exact) mass is 507 g/mol. The van der Waals surface area contributed by atoms with Crippen molar-refractivity contribution in [1.29, 1.82) is 0 Å².